The Labute approximate surface area is 394 Å². The predicted molar refractivity (Wildman–Crippen MR) is 251 cm³/mol. The SMILES string of the molecule is C=CCOC(=O)c1cccc(-c2nc(COc3ccc4c(=O)c(-c5ccc(OC(=O)c6cccc(-c7nc(COc8ccc9c(=O)c(-c%10ccc(O)cc%10)coc9c8)no7)c6)cc5)coc4c3)no2)c1. The van der Waals surface area contributed by atoms with Gasteiger partial charge in [0.25, 0.3) is 11.8 Å². The van der Waals surface area contributed by atoms with Gasteiger partial charge in [-0.1, -0.05) is 59.4 Å². The number of fused-ring (bicyclic) bond motifs is 2. The van der Waals surface area contributed by atoms with Crippen LogP contribution in [0.4, 0.5) is 0 Å². The van der Waals surface area contributed by atoms with Crippen LogP contribution < -0.4 is 25.1 Å². The van der Waals surface area contributed by atoms with Gasteiger partial charge in [-0.15, -0.1) is 0 Å². The fourth-order valence-electron chi connectivity index (χ4n) is 7.24. The van der Waals surface area contributed by atoms with E-state index in [4.69, 9.17) is 36.8 Å². The van der Waals surface area contributed by atoms with E-state index in [1.807, 2.05) is 0 Å². The number of aromatic hydroxyl groups is 1. The van der Waals surface area contributed by atoms with Crippen molar-refractivity contribution < 1.29 is 51.5 Å². The van der Waals surface area contributed by atoms with Crippen molar-refractivity contribution >= 4 is 33.9 Å². The van der Waals surface area contributed by atoms with E-state index in [2.05, 4.69) is 26.9 Å². The Kier molecular flexibility index (Phi) is 12.0. The van der Waals surface area contributed by atoms with Gasteiger partial charge in [0, 0.05) is 23.3 Å². The van der Waals surface area contributed by atoms with Crippen molar-refractivity contribution in [3.63, 3.8) is 0 Å². The molecule has 4 aromatic heterocycles. The van der Waals surface area contributed by atoms with Crippen LogP contribution in [0.2, 0.25) is 0 Å². The molecule has 0 unspecified atom stereocenters. The monoisotopic (exact) mass is 934 g/mol. The Bertz CT molecular complexity index is 3720. The summed E-state index contributed by atoms with van der Waals surface area (Å²) in [5.41, 5.74) is 3.42. The Balaban J connectivity index is 0.742. The van der Waals surface area contributed by atoms with Crippen molar-refractivity contribution in [2.75, 3.05) is 6.61 Å². The minimum Gasteiger partial charge on any atom is -0.508 e. The highest BCUT2D eigenvalue weighted by Crippen LogP contribution is 2.29. The number of carbonyl (C=O) groups excluding carboxylic acids is 2. The second kappa shape index (κ2) is 19.1. The van der Waals surface area contributed by atoms with Crippen LogP contribution in [0, 0.1) is 0 Å². The van der Waals surface area contributed by atoms with E-state index in [0.29, 0.717) is 72.4 Å². The molecule has 0 radical (unpaired) electrons. The summed E-state index contributed by atoms with van der Waals surface area (Å²) in [5, 5.41) is 18.2. The summed E-state index contributed by atoms with van der Waals surface area (Å²) in [5.74, 6) is 0.777. The van der Waals surface area contributed by atoms with Gasteiger partial charge >= 0.3 is 11.9 Å². The maximum Gasteiger partial charge on any atom is 0.343 e. The average molecular weight is 935 g/mol. The van der Waals surface area contributed by atoms with Crippen molar-refractivity contribution in [2.24, 2.45) is 0 Å². The van der Waals surface area contributed by atoms with Crippen molar-refractivity contribution in [2.45, 2.75) is 13.2 Å². The number of nitrogens with zero attached hydrogens (tertiary/aromatic N) is 4. The minimum atomic E-state index is -0.646. The van der Waals surface area contributed by atoms with Crippen molar-refractivity contribution in [1.29, 1.82) is 0 Å². The Morgan fingerprint density at radius 2 is 1.06 bits per heavy atom. The van der Waals surface area contributed by atoms with E-state index in [1.165, 1.54) is 30.7 Å². The van der Waals surface area contributed by atoms with Gasteiger partial charge in [-0.3, -0.25) is 9.59 Å². The number of benzene rings is 6. The van der Waals surface area contributed by atoms with Crippen LogP contribution >= 0.6 is 0 Å². The van der Waals surface area contributed by atoms with Gasteiger partial charge < -0.3 is 41.9 Å². The largest absolute Gasteiger partial charge is 0.508 e. The lowest BCUT2D eigenvalue weighted by Crippen LogP contribution is -2.09. The summed E-state index contributed by atoms with van der Waals surface area (Å²) in [6.45, 7) is 3.51. The van der Waals surface area contributed by atoms with E-state index in [-0.39, 0.29) is 71.2 Å². The number of phenols is 1. The lowest BCUT2D eigenvalue weighted by Gasteiger charge is -2.08. The van der Waals surface area contributed by atoms with E-state index < -0.39 is 11.9 Å². The number of hydrogen-bond acceptors (Lipinski definition) is 17. The molecule has 0 atom stereocenters. The first kappa shape index (κ1) is 44.0. The molecule has 4 heterocycles. The standard InChI is InChI=1S/C53H34N4O13/c1-2-21-63-52(61)34-7-3-5-32(22-34)50-54-46(56-69-50)28-64-39-18-20-41-45(25-39)67-27-43(49(41)60)31-11-15-37(16-12-31)68-53(62)35-8-4-6-33(23-35)51-55-47(57-70-51)29-65-38-17-19-40-44(24-38)66-26-42(48(40)59)30-9-13-36(58)14-10-30/h2-20,22-27,58H,1,21,28-29H2. The van der Waals surface area contributed by atoms with E-state index in [9.17, 15) is 24.3 Å². The number of hydrogen-bond donors (Lipinski definition) is 1. The van der Waals surface area contributed by atoms with Gasteiger partial charge in [0.15, 0.2) is 24.1 Å². The third kappa shape index (κ3) is 9.38. The molecule has 17 nitrogen and oxygen atoms in total. The van der Waals surface area contributed by atoms with Crippen LogP contribution in [-0.4, -0.2) is 43.9 Å². The lowest BCUT2D eigenvalue weighted by molar-refractivity contribution is 0.0549. The molecule has 10 rings (SSSR count). The first-order chi connectivity index (χ1) is 34.1. The molecule has 344 valence electrons. The normalized spacial score (nSPS) is 11.1. The van der Waals surface area contributed by atoms with Gasteiger partial charge in [0.2, 0.25) is 11.6 Å². The van der Waals surface area contributed by atoms with Gasteiger partial charge in [-0.05, 0) is 96.1 Å². The highest BCUT2D eigenvalue weighted by atomic mass is 16.5. The number of ether oxygens (including phenoxy) is 4. The quantitative estimate of drug-likeness (QED) is 0.0572. The van der Waals surface area contributed by atoms with Crippen LogP contribution in [0.1, 0.15) is 32.4 Å². The number of aromatic nitrogens is 4. The average Bonchev–Trinajstić information content (AvgIpc) is 4.09. The summed E-state index contributed by atoms with van der Waals surface area (Å²) >= 11 is 0. The number of rotatable bonds is 15. The zero-order valence-corrected chi connectivity index (χ0v) is 36.4. The molecule has 1 N–H and O–H groups in total. The predicted octanol–water partition coefficient (Wildman–Crippen LogP) is 9.76. The van der Waals surface area contributed by atoms with Crippen LogP contribution in [0.25, 0.3) is 67.1 Å². The maximum atomic E-state index is 13.6. The molecular formula is C53H34N4O13. The maximum absolute atomic E-state index is 13.6. The Morgan fingerprint density at radius 3 is 1.57 bits per heavy atom. The van der Waals surface area contributed by atoms with E-state index in [1.54, 1.807) is 121 Å². The lowest BCUT2D eigenvalue weighted by atomic mass is 10.1. The van der Waals surface area contributed by atoms with Crippen LogP contribution in [-0.2, 0) is 18.0 Å². The van der Waals surface area contributed by atoms with Gasteiger partial charge in [-0.25, -0.2) is 9.59 Å². The van der Waals surface area contributed by atoms with Crippen LogP contribution in [0.15, 0.2) is 186 Å². The summed E-state index contributed by atoms with van der Waals surface area (Å²) in [4.78, 5) is 61.0. The van der Waals surface area contributed by atoms with Gasteiger partial charge in [0.05, 0.1) is 33.0 Å². The molecule has 0 saturated heterocycles. The van der Waals surface area contributed by atoms with Crippen LogP contribution in [0.5, 0.6) is 23.0 Å². The van der Waals surface area contributed by atoms with Crippen molar-refractivity contribution in [1.82, 2.24) is 20.3 Å². The third-order valence-electron chi connectivity index (χ3n) is 10.7. The second-order valence-electron chi connectivity index (χ2n) is 15.4. The molecule has 0 saturated carbocycles. The Hall–Kier alpha value is -9.90. The second-order valence-corrected chi connectivity index (χ2v) is 15.4. The van der Waals surface area contributed by atoms with Gasteiger partial charge in [0.1, 0.15) is 53.3 Å². The van der Waals surface area contributed by atoms with Gasteiger partial charge in [-0.2, -0.15) is 9.97 Å². The fraction of sp³-hybridized carbons (Fsp3) is 0.0566. The summed E-state index contributed by atoms with van der Waals surface area (Å²) in [6, 6.07) is 35.4. The molecule has 0 spiro atoms. The molecule has 70 heavy (non-hydrogen) atoms. The first-order valence-corrected chi connectivity index (χ1v) is 21.3. The topological polar surface area (TPSA) is 230 Å². The summed E-state index contributed by atoms with van der Waals surface area (Å²) < 4.78 is 44.9. The first-order valence-electron chi connectivity index (χ1n) is 21.3. The molecule has 0 aliphatic rings. The minimum absolute atomic E-state index is 0.0528. The smallest absolute Gasteiger partial charge is 0.343 e. The molecule has 10 aromatic rings. The highest BCUT2D eigenvalue weighted by Gasteiger charge is 2.18. The molecule has 0 aliphatic heterocycles. The molecule has 0 fully saturated rings. The molecule has 17 heteroatoms. The number of esters is 2. The Morgan fingerprint density at radius 1 is 0.571 bits per heavy atom. The molecular weight excluding hydrogens is 901 g/mol. The third-order valence-corrected chi connectivity index (χ3v) is 10.7. The summed E-state index contributed by atoms with van der Waals surface area (Å²) in [6.07, 6.45) is 4.20. The zero-order valence-electron chi connectivity index (χ0n) is 36.4. The summed E-state index contributed by atoms with van der Waals surface area (Å²) in [7, 11) is 0. The zero-order chi connectivity index (χ0) is 48.1. The van der Waals surface area contributed by atoms with E-state index >= 15 is 0 Å². The fourth-order valence-corrected chi connectivity index (χ4v) is 7.24. The number of carbonyl (C=O) groups is 2. The molecule has 0 amide bonds. The highest BCUT2D eigenvalue weighted by molar-refractivity contribution is 5.93. The number of phenolic OH excluding ortho intramolecular Hbond substituents is 1. The molecule has 0 bridgehead atoms. The van der Waals surface area contributed by atoms with Crippen molar-refractivity contribution in [3.05, 3.63) is 202 Å². The molecule has 0 aliphatic carbocycles. The van der Waals surface area contributed by atoms with Crippen LogP contribution in [0.3, 0.4) is 0 Å². The van der Waals surface area contributed by atoms with E-state index in [0.717, 1.165) is 0 Å². The van der Waals surface area contributed by atoms with Crippen molar-refractivity contribution in [3.8, 4) is 68.2 Å². The molecule has 6 aromatic carbocycles.